The van der Waals surface area contributed by atoms with Gasteiger partial charge in [0.2, 0.25) is 0 Å². The monoisotopic (exact) mass is 124 g/mol. The lowest BCUT2D eigenvalue weighted by atomic mass is 9.98. The Morgan fingerprint density at radius 3 is 1.67 bits per heavy atom. The Balaban J connectivity index is 2.26. The topological polar surface area (TPSA) is 52.0 Å². The molecular weight excluding hydrogens is 112 g/mol. The zero-order valence-corrected chi connectivity index (χ0v) is 5.33. The van der Waals surface area contributed by atoms with Gasteiger partial charge < -0.3 is 11.5 Å². The zero-order chi connectivity index (χ0) is 6.43. The number of hydrogen-bond donors (Lipinski definition) is 2. The maximum absolute atomic E-state index is 5.79. The average Bonchev–Trinajstić information content (AvgIpc) is 2.37. The van der Waals surface area contributed by atoms with Gasteiger partial charge in [-0.2, -0.15) is 0 Å². The van der Waals surface area contributed by atoms with Gasteiger partial charge in [0.15, 0.2) is 0 Å². The summed E-state index contributed by atoms with van der Waals surface area (Å²) in [4.78, 5) is 0. The Kier molecular flexibility index (Phi) is 0.957. The van der Waals surface area contributed by atoms with E-state index in [0.29, 0.717) is 11.8 Å². The number of hydrogen-bond acceptors (Lipinski definition) is 2. The first-order valence-electron chi connectivity index (χ1n) is 3.48. The molecular formula is C7H12N2. The SMILES string of the molecule is N[C@H]1[C@H](N)[C@H]2C=C[C@@H]1C2. The van der Waals surface area contributed by atoms with Crippen molar-refractivity contribution in [3.05, 3.63) is 12.2 Å². The van der Waals surface area contributed by atoms with Gasteiger partial charge in [0.1, 0.15) is 0 Å². The summed E-state index contributed by atoms with van der Waals surface area (Å²) >= 11 is 0. The van der Waals surface area contributed by atoms with Crippen molar-refractivity contribution in [3.63, 3.8) is 0 Å². The number of rotatable bonds is 0. The molecule has 0 aliphatic heterocycles. The lowest BCUT2D eigenvalue weighted by molar-refractivity contribution is 0.499. The Bertz CT molecular complexity index is 137. The van der Waals surface area contributed by atoms with Crippen molar-refractivity contribution in [3.8, 4) is 0 Å². The van der Waals surface area contributed by atoms with E-state index in [1.165, 1.54) is 6.42 Å². The van der Waals surface area contributed by atoms with Gasteiger partial charge >= 0.3 is 0 Å². The Labute approximate surface area is 54.9 Å². The highest BCUT2D eigenvalue weighted by Gasteiger charge is 2.39. The summed E-state index contributed by atoms with van der Waals surface area (Å²) in [6.45, 7) is 0. The summed E-state index contributed by atoms with van der Waals surface area (Å²) in [6.07, 6.45) is 5.61. The largest absolute Gasteiger partial charge is 0.326 e. The highest BCUT2D eigenvalue weighted by molar-refractivity contribution is 5.17. The summed E-state index contributed by atoms with van der Waals surface area (Å²) in [5.41, 5.74) is 11.6. The fourth-order valence-corrected chi connectivity index (χ4v) is 1.90. The molecule has 9 heavy (non-hydrogen) atoms. The van der Waals surface area contributed by atoms with Crippen LogP contribution in [0, 0.1) is 11.8 Å². The van der Waals surface area contributed by atoms with Crippen molar-refractivity contribution in [2.24, 2.45) is 23.3 Å². The number of nitrogens with two attached hydrogens (primary N) is 2. The average molecular weight is 124 g/mol. The van der Waals surface area contributed by atoms with Crippen LogP contribution >= 0.6 is 0 Å². The molecule has 50 valence electrons. The van der Waals surface area contributed by atoms with Gasteiger partial charge in [-0.25, -0.2) is 0 Å². The van der Waals surface area contributed by atoms with Crippen LogP contribution in [0.4, 0.5) is 0 Å². The van der Waals surface area contributed by atoms with Crippen LogP contribution in [0.15, 0.2) is 12.2 Å². The third kappa shape index (κ3) is 0.575. The van der Waals surface area contributed by atoms with Crippen molar-refractivity contribution in [2.45, 2.75) is 18.5 Å². The van der Waals surface area contributed by atoms with Crippen molar-refractivity contribution in [2.75, 3.05) is 0 Å². The first-order valence-corrected chi connectivity index (χ1v) is 3.48. The summed E-state index contributed by atoms with van der Waals surface area (Å²) < 4.78 is 0. The maximum atomic E-state index is 5.79. The predicted octanol–water partition coefficient (Wildman–Crippen LogP) is -0.153. The van der Waals surface area contributed by atoms with Gasteiger partial charge in [-0.1, -0.05) is 12.2 Å². The summed E-state index contributed by atoms with van der Waals surface area (Å²) in [7, 11) is 0. The van der Waals surface area contributed by atoms with E-state index in [0.717, 1.165) is 0 Å². The molecule has 0 saturated heterocycles. The van der Waals surface area contributed by atoms with E-state index in [1.54, 1.807) is 0 Å². The van der Waals surface area contributed by atoms with Crippen molar-refractivity contribution in [1.29, 1.82) is 0 Å². The standard InChI is InChI=1S/C7H12N2/c8-6-4-1-2-5(3-4)7(6)9/h1-2,4-7H,3,8-9H2/t4-,5+,6-,7-/m1/s1. The van der Waals surface area contributed by atoms with Gasteiger partial charge in [0.25, 0.3) is 0 Å². The van der Waals surface area contributed by atoms with Crippen LogP contribution in [-0.4, -0.2) is 12.1 Å². The molecule has 4 atom stereocenters. The van der Waals surface area contributed by atoms with Crippen molar-refractivity contribution in [1.82, 2.24) is 0 Å². The van der Waals surface area contributed by atoms with E-state index in [-0.39, 0.29) is 12.1 Å². The second-order valence-electron chi connectivity index (χ2n) is 3.10. The van der Waals surface area contributed by atoms with E-state index in [9.17, 15) is 0 Å². The molecule has 2 rings (SSSR count). The van der Waals surface area contributed by atoms with Crippen LogP contribution in [0.3, 0.4) is 0 Å². The summed E-state index contributed by atoms with van der Waals surface area (Å²) in [6, 6.07) is 0.472. The predicted molar refractivity (Wildman–Crippen MR) is 36.7 cm³/mol. The van der Waals surface area contributed by atoms with Gasteiger partial charge in [-0.05, 0) is 18.3 Å². The summed E-state index contributed by atoms with van der Waals surface area (Å²) in [5.74, 6) is 1.18. The quantitative estimate of drug-likeness (QED) is 0.441. The first kappa shape index (κ1) is 5.45. The van der Waals surface area contributed by atoms with Crippen LogP contribution in [0.1, 0.15) is 6.42 Å². The van der Waals surface area contributed by atoms with Gasteiger partial charge in [-0.15, -0.1) is 0 Å². The minimum atomic E-state index is 0.236. The molecule has 0 amide bonds. The third-order valence-corrected chi connectivity index (χ3v) is 2.58. The molecule has 2 nitrogen and oxygen atoms in total. The lowest BCUT2D eigenvalue weighted by Crippen LogP contribution is -2.43. The van der Waals surface area contributed by atoms with E-state index < -0.39 is 0 Å². The second-order valence-corrected chi connectivity index (χ2v) is 3.10. The molecule has 4 N–H and O–H groups in total. The maximum Gasteiger partial charge on any atom is 0.0262 e. The Morgan fingerprint density at radius 1 is 1.00 bits per heavy atom. The first-order chi connectivity index (χ1) is 4.29. The Morgan fingerprint density at radius 2 is 1.44 bits per heavy atom. The number of fused-ring (bicyclic) bond motifs is 2. The molecule has 2 heteroatoms. The van der Waals surface area contributed by atoms with Crippen LogP contribution in [0.5, 0.6) is 0 Å². The molecule has 0 aromatic rings. The molecule has 0 heterocycles. The molecule has 1 fully saturated rings. The summed E-state index contributed by atoms with van der Waals surface area (Å²) in [5, 5.41) is 0. The molecule has 0 radical (unpaired) electrons. The smallest absolute Gasteiger partial charge is 0.0262 e. The molecule has 0 aromatic heterocycles. The highest BCUT2D eigenvalue weighted by atomic mass is 14.8. The molecule has 2 bridgehead atoms. The van der Waals surface area contributed by atoms with Crippen molar-refractivity contribution < 1.29 is 0 Å². The van der Waals surface area contributed by atoms with E-state index in [4.69, 9.17) is 11.5 Å². The molecule has 1 saturated carbocycles. The van der Waals surface area contributed by atoms with Gasteiger partial charge in [-0.3, -0.25) is 0 Å². The zero-order valence-electron chi connectivity index (χ0n) is 5.33. The normalized spacial score (nSPS) is 54.9. The van der Waals surface area contributed by atoms with Crippen LogP contribution < -0.4 is 11.5 Å². The molecule has 0 unspecified atom stereocenters. The fourth-order valence-electron chi connectivity index (χ4n) is 1.90. The highest BCUT2D eigenvalue weighted by Crippen LogP contribution is 2.36. The molecule has 0 spiro atoms. The van der Waals surface area contributed by atoms with Gasteiger partial charge in [0.05, 0.1) is 0 Å². The second kappa shape index (κ2) is 1.58. The fraction of sp³-hybridized carbons (Fsp3) is 0.714. The van der Waals surface area contributed by atoms with Gasteiger partial charge in [0, 0.05) is 12.1 Å². The minimum absolute atomic E-state index is 0.236. The molecule has 2 aliphatic rings. The molecule has 2 aliphatic carbocycles. The Hall–Kier alpha value is -0.340. The minimum Gasteiger partial charge on any atom is -0.326 e. The third-order valence-electron chi connectivity index (χ3n) is 2.58. The van der Waals surface area contributed by atoms with E-state index >= 15 is 0 Å². The van der Waals surface area contributed by atoms with E-state index in [2.05, 4.69) is 12.2 Å². The lowest BCUT2D eigenvalue weighted by Gasteiger charge is -2.19. The van der Waals surface area contributed by atoms with Crippen LogP contribution in [-0.2, 0) is 0 Å². The van der Waals surface area contributed by atoms with Crippen molar-refractivity contribution >= 4 is 0 Å². The van der Waals surface area contributed by atoms with Crippen LogP contribution in [0.2, 0.25) is 0 Å². The van der Waals surface area contributed by atoms with Crippen LogP contribution in [0.25, 0.3) is 0 Å². The molecule has 0 aromatic carbocycles. The van der Waals surface area contributed by atoms with E-state index in [1.807, 2.05) is 0 Å².